The molecule has 0 saturated carbocycles. The number of nitrogen functional groups attached to an aromatic ring is 1. The van der Waals surface area contributed by atoms with Crippen LogP contribution in [0, 0.1) is 5.92 Å². The third-order valence-corrected chi connectivity index (χ3v) is 3.18. The Kier molecular flexibility index (Phi) is 6.81. The molecule has 0 aliphatic rings. The molecule has 0 atom stereocenters. The lowest BCUT2D eigenvalue weighted by molar-refractivity contribution is 0.255. The average Bonchev–Trinajstić information content (AvgIpc) is 2.32. The Balaban J connectivity index is 2.43. The van der Waals surface area contributed by atoms with Crippen LogP contribution in [-0.2, 0) is 6.54 Å². The number of hydrogen-bond acceptors (Lipinski definition) is 2. The van der Waals surface area contributed by atoms with Gasteiger partial charge in [0, 0.05) is 12.2 Å². The van der Waals surface area contributed by atoms with Crippen molar-refractivity contribution < 1.29 is 0 Å². The van der Waals surface area contributed by atoms with E-state index < -0.39 is 0 Å². The van der Waals surface area contributed by atoms with Gasteiger partial charge in [-0.05, 0) is 56.0 Å². The minimum atomic E-state index is 0.810. The molecule has 0 bridgehead atoms. The van der Waals surface area contributed by atoms with E-state index in [0.717, 1.165) is 18.2 Å². The smallest absolute Gasteiger partial charge is 0.0314 e. The van der Waals surface area contributed by atoms with Crippen molar-refractivity contribution in [3.8, 4) is 0 Å². The molecule has 2 nitrogen and oxygen atoms in total. The van der Waals surface area contributed by atoms with Gasteiger partial charge in [-0.2, -0.15) is 0 Å². The van der Waals surface area contributed by atoms with E-state index in [4.69, 9.17) is 5.73 Å². The molecule has 1 aromatic rings. The summed E-state index contributed by atoms with van der Waals surface area (Å²) < 4.78 is 0. The van der Waals surface area contributed by atoms with E-state index in [-0.39, 0.29) is 0 Å². The maximum absolute atomic E-state index is 5.72. The third-order valence-electron chi connectivity index (χ3n) is 3.18. The second kappa shape index (κ2) is 8.15. The Labute approximate surface area is 112 Å². The zero-order chi connectivity index (χ0) is 13.4. The zero-order valence-corrected chi connectivity index (χ0v) is 12.2. The summed E-state index contributed by atoms with van der Waals surface area (Å²) in [7, 11) is 0. The van der Waals surface area contributed by atoms with Crippen LogP contribution in [-0.4, -0.2) is 18.0 Å². The molecule has 2 N–H and O–H groups in total. The lowest BCUT2D eigenvalue weighted by Gasteiger charge is -2.22. The van der Waals surface area contributed by atoms with Gasteiger partial charge in [0.25, 0.3) is 0 Å². The number of benzene rings is 1. The van der Waals surface area contributed by atoms with Crippen molar-refractivity contribution in [3.05, 3.63) is 29.8 Å². The number of anilines is 1. The lowest BCUT2D eigenvalue weighted by Crippen LogP contribution is -2.25. The van der Waals surface area contributed by atoms with Crippen LogP contribution in [0.4, 0.5) is 5.69 Å². The summed E-state index contributed by atoms with van der Waals surface area (Å²) >= 11 is 0. The molecule has 0 amide bonds. The summed E-state index contributed by atoms with van der Waals surface area (Å²) in [6.07, 6.45) is 3.84. The third kappa shape index (κ3) is 6.06. The van der Waals surface area contributed by atoms with Crippen LogP contribution in [0.5, 0.6) is 0 Å². The highest BCUT2D eigenvalue weighted by Crippen LogP contribution is 2.11. The van der Waals surface area contributed by atoms with Gasteiger partial charge in [-0.1, -0.05) is 32.9 Å². The quantitative estimate of drug-likeness (QED) is 0.707. The Morgan fingerprint density at radius 2 is 1.78 bits per heavy atom. The fourth-order valence-electron chi connectivity index (χ4n) is 2.19. The van der Waals surface area contributed by atoms with E-state index in [9.17, 15) is 0 Å². The van der Waals surface area contributed by atoms with E-state index in [2.05, 4.69) is 37.8 Å². The van der Waals surface area contributed by atoms with E-state index in [0.29, 0.717) is 0 Å². The monoisotopic (exact) mass is 248 g/mol. The van der Waals surface area contributed by atoms with Crippen LogP contribution in [0.25, 0.3) is 0 Å². The highest BCUT2D eigenvalue weighted by Gasteiger charge is 2.05. The summed E-state index contributed by atoms with van der Waals surface area (Å²) in [6, 6.07) is 8.27. The first-order chi connectivity index (χ1) is 8.61. The molecule has 0 fully saturated rings. The van der Waals surface area contributed by atoms with Crippen molar-refractivity contribution in [1.82, 2.24) is 4.90 Å². The summed E-state index contributed by atoms with van der Waals surface area (Å²) in [5, 5.41) is 0. The molecular weight excluding hydrogens is 220 g/mol. The lowest BCUT2D eigenvalue weighted by atomic mass is 10.1. The Morgan fingerprint density at radius 3 is 2.33 bits per heavy atom. The number of hydrogen-bond donors (Lipinski definition) is 1. The van der Waals surface area contributed by atoms with Gasteiger partial charge in [0.1, 0.15) is 0 Å². The standard InChI is InChI=1S/C16H28N2/c1-4-11-18(12-5-6-14(2)3)13-15-7-9-16(17)10-8-15/h7-10,14H,4-6,11-13,17H2,1-3H3. The Bertz CT molecular complexity index is 316. The highest BCUT2D eigenvalue weighted by atomic mass is 15.1. The van der Waals surface area contributed by atoms with Crippen molar-refractivity contribution in [2.45, 2.75) is 46.6 Å². The predicted molar refractivity (Wildman–Crippen MR) is 80.5 cm³/mol. The molecule has 0 radical (unpaired) electrons. The van der Waals surface area contributed by atoms with Gasteiger partial charge >= 0.3 is 0 Å². The second-order valence-electron chi connectivity index (χ2n) is 5.55. The first-order valence-electron chi connectivity index (χ1n) is 7.18. The van der Waals surface area contributed by atoms with Crippen molar-refractivity contribution in [2.75, 3.05) is 18.8 Å². The Morgan fingerprint density at radius 1 is 1.11 bits per heavy atom. The molecular formula is C16H28N2. The van der Waals surface area contributed by atoms with Crippen LogP contribution in [0.3, 0.4) is 0 Å². The van der Waals surface area contributed by atoms with E-state index in [1.807, 2.05) is 12.1 Å². The molecule has 1 aromatic carbocycles. The molecule has 2 heteroatoms. The van der Waals surface area contributed by atoms with Gasteiger partial charge in [0.15, 0.2) is 0 Å². The average molecular weight is 248 g/mol. The fourth-order valence-corrected chi connectivity index (χ4v) is 2.19. The van der Waals surface area contributed by atoms with Crippen LogP contribution < -0.4 is 5.73 Å². The van der Waals surface area contributed by atoms with Crippen LogP contribution in [0.15, 0.2) is 24.3 Å². The van der Waals surface area contributed by atoms with Crippen LogP contribution >= 0.6 is 0 Å². The first kappa shape index (κ1) is 15.0. The van der Waals surface area contributed by atoms with E-state index in [1.165, 1.54) is 37.9 Å². The van der Waals surface area contributed by atoms with Crippen molar-refractivity contribution in [1.29, 1.82) is 0 Å². The van der Waals surface area contributed by atoms with E-state index >= 15 is 0 Å². The summed E-state index contributed by atoms with van der Waals surface area (Å²) in [6.45, 7) is 10.3. The molecule has 0 saturated heterocycles. The molecule has 0 aromatic heterocycles. The maximum atomic E-state index is 5.72. The SMILES string of the molecule is CCCN(CCCC(C)C)Cc1ccc(N)cc1. The zero-order valence-electron chi connectivity index (χ0n) is 12.2. The highest BCUT2D eigenvalue weighted by molar-refractivity contribution is 5.39. The number of rotatable bonds is 8. The van der Waals surface area contributed by atoms with Gasteiger partial charge in [-0.25, -0.2) is 0 Å². The van der Waals surface area contributed by atoms with Gasteiger partial charge in [0.2, 0.25) is 0 Å². The molecule has 102 valence electrons. The molecule has 0 aliphatic heterocycles. The largest absolute Gasteiger partial charge is 0.399 e. The molecule has 0 heterocycles. The van der Waals surface area contributed by atoms with Crippen LogP contribution in [0.1, 0.15) is 45.6 Å². The van der Waals surface area contributed by atoms with Crippen molar-refractivity contribution in [3.63, 3.8) is 0 Å². The second-order valence-corrected chi connectivity index (χ2v) is 5.55. The van der Waals surface area contributed by atoms with Gasteiger partial charge < -0.3 is 5.73 Å². The summed E-state index contributed by atoms with van der Waals surface area (Å²) in [4.78, 5) is 2.55. The molecule has 0 unspecified atom stereocenters. The first-order valence-corrected chi connectivity index (χ1v) is 7.18. The normalized spacial score (nSPS) is 11.4. The number of nitrogens with zero attached hydrogens (tertiary/aromatic N) is 1. The number of nitrogens with two attached hydrogens (primary N) is 1. The molecule has 0 aliphatic carbocycles. The molecule has 1 rings (SSSR count). The van der Waals surface area contributed by atoms with E-state index in [1.54, 1.807) is 0 Å². The summed E-state index contributed by atoms with van der Waals surface area (Å²) in [5.74, 6) is 0.810. The predicted octanol–water partition coefficient (Wildman–Crippen LogP) is 3.92. The molecule has 18 heavy (non-hydrogen) atoms. The van der Waals surface area contributed by atoms with Crippen molar-refractivity contribution in [2.24, 2.45) is 5.92 Å². The van der Waals surface area contributed by atoms with Crippen LogP contribution in [0.2, 0.25) is 0 Å². The minimum absolute atomic E-state index is 0.810. The maximum Gasteiger partial charge on any atom is 0.0314 e. The van der Waals surface area contributed by atoms with Crippen molar-refractivity contribution >= 4 is 5.69 Å². The van der Waals surface area contributed by atoms with Gasteiger partial charge in [-0.3, -0.25) is 4.90 Å². The van der Waals surface area contributed by atoms with Gasteiger partial charge in [0.05, 0.1) is 0 Å². The molecule has 0 spiro atoms. The Hall–Kier alpha value is -1.02. The fraction of sp³-hybridized carbons (Fsp3) is 0.625. The van der Waals surface area contributed by atoms with Gasteiger partial charge in [-0.15, -0.1) is 0 Å². The minimum Gasteiger partial charge on any atom is -0.399 e. The topological polar surface area (TPSA) is 29.3 Å². The summed E-state index contributed by atoms with van der Waals surface area (Å²) in [5.41, 5.74) is 7.93.